The van der Waals surface area contributed by atoms with Gasteiger partial charge in [-0.05, 0) is 24.3 Å². The zero-order valence-electron chi connectivity index (χ0n) is 11.9. The maximum absolute atomic E-state index is 5.61. The lowest BCUT2D eigenvalue weighted by Gasteiger charge is -2.10. The predicted octanol–water partition coefficient (Wildman–Crippen LogP) is 1.72. The van der Waals surface area contributed by atoms with E-state index >= 15 is 0 Å². The van der Waals surface area contributed by atoms with Crippen molar-refractivity contribution in [3.8, 4) is 5.88 Å². The monoisotopic (exact) mass is 274 g/mol. The van der Waals surface area contributed by atoms with E-state index in [9.17, 15) is 0 Å². The Bertz CT molecular complexity index is 451. The Hall–Kier alpha value is -2.04. The second kappa shape index (κ2) is 7.53. The molecule has 0 atom stereocenters. The van der Waals surface area contributed by atoms with Gasteiger partial charge in [-0.1, -0.05) is 12.1 Å². The molecule has 1 aliphatic rings. The Morgan fingerprint density at radius 2 is 2.35 bits per heavy atom. The van der Waals surface area contributed by atoms with E-state index in [4.69, 9.17) is 4.74 Å². The zero-order valence-corrected chi connectivity index (χ0v) is 11.9. The van der Waals surface area contributed by atoms with Gasteiger partial charge in [0.05, 0.1) is 6.61 Å². The maximum Gasteiger partial charge on any atom is 0.213 e. The summed E-state index contributed by atoms with van der Waals surface area (Å²) in [4.78, 5) is 8.42. The molecule has 0 unspecified atom stereocenters. The molecule has 0 radical (unpaired) electrons. The van der Waals surface area contributed by atoms with E-state index in [1.165, 1.54) is 12.8 Å². The summed E-state index contributed by atoms with van der Waals surface area (Å²) in [5.41, 5.74) is 1.09. The van der Waals surface area contributed by atoms with Crippen LogP contribution in [0.3, 0.4) is 0 Å². The van der Waals surface area contributed by atoms with E-state index in [-0.39, 0.29) is 0 Å². The van der Waals surface area contributed by atoms with Gasteiger partial charge in [-0.2, -0.15) is 0 Å². The Morgan fingerprint density at radius 1 is 1.50 bits per heavy atom. The zero-order chi connectivity index (χ0) is 14.2. The third-order valence-electron chi connectivity index (χ3n) is 3.06. The number of nitrogens with zero attached hydrogens (tertiary/aromatic N) is 2. The SMILES string of the molecule is C=CCNC(=NC)NCc1ccc(OCC2CC2)nc1. The number of hydrogen-bond acceptors (Lipinski definition) is 3. The lowest BCUT2D eigenvalue weighted by molar-refractivity contribution is 0.288. The van der Waals surface area contributed by atoms with Crippen LogP contribution in [-0.4, -0.2) is 31.1 Å². The van der Waals surface area contributed by atoms with Crippen LogP contribution in [0.15, 0.2) is 36.0 Å². The third kappa shape index (κ3) is 4.91. The molecular formula is C15H22N4O. The fourth-order valence-corrected chi connectivity index (χ4v) is 1.66. The molecule has 1 aromatic rings. The minimum atomic E-state index is 0.673. The van der Waals surface area contributed by atoms with Crippen molar-refractivity contribution in [3.05, 3.63) is 36.5 Å². The van der Waals surface area contributed by atoms with Crippen LogP contribution in [-0.2, 0) is 6.54 Å². The van der Waals surface area contributed by atoms with E-state index in [0.29, 0.717) is 19.0 Å². The smallest absolute Gasteiger partial charge is 0.213 e. The molecule has 1 aromatic heterocycles. The number of rotatable bonds is 7. The molecule has 20 heavy (non-hydrogen) atoms. The fourth-order valence-electron chi connectivity index (χ4n) is 1.66. The summed E-state index contributed by atoms with van der Waals surface area (Å²) in [6, 6.07) is 3.93. The van der Waals surface area contributed by atoms with Gasteiger partial charge in [0.2, 0.25) is 5.88 Å². The van der Waals surface area contributed by atoms with Gasteiger partial charge < -0.3 is 15.4 Å². The number of aliphatic imine (C=N–C) groups is 1. The van der Waals surface area contributed by atoms with E-state index in [1.54, 1.807) is 13.1 Å². The minimum absolute atomic E-state index is 0.673. The molecule has 1 saturated carbocycles. The molecule has 0 aromatic carbocycles. The number of nitrogens with one attached hydrogen (secondary N) is 2. The van der Waals surface area contributed by atoms with Crippen molar-refractivity contribution < 1.29 is 4.74 Å². The van der Waals surface area contributed by atoms with Crippen LogP contribution >= 0.6 is 0 Å². The van der Waals surface area contributed by atoms with Gasteiger partial charge in [0.25, 0.3) is 0 Å². The average Bonchev–Trinajstić information content (AvgIpc) is 3.31. The van der Waals surface area contributed by atoms with Crippen molar-refractivity contribution in [1.82, 2.24) is 15.6 Å². The summed E-state index contributed by atoms with van der Waals surface area (Å²) >= 11 is 0. The van der Waals surface area contributed by atoms with Crippen molar-refractivity contribution in [1.29, 1.82) is 0 Å². The fraction of sp³-hybridized carbons (Fsp3) is 0.467. The Morgan fingerprint density at radius 3 is 2.95 bits per heavy atom. The van der Waals surface area contributed by atoms with Crippen LogP contribution in [0.1, 0.15) is 18.4 Å². The van der Waals surface area contributed by atoms with Crippen LogP contribution in [0.2, 0.25) is 0 Å². The Labute approximate surface area is 120 Å². The predicted molar refractivity (Wildman–Crippen MR) is 80.9 cm³/mol. The molecule has 1 fully saturated rings. The number of ether oxygens (including phenoxy) is 1. The first-order valence-corrected chi connectivity index (χ1v) is 6.95. The largest absolute Gasteiger partial charge is 0.477 e. The molecule has 0 bridgehead atoms. The highest BCUT2D eigenvalue weighted by molar-refractivity contribution is 5.79. The van der Waals surface area contributed by atoms with Gasteiger partial charge in [0.15, 0.2) is 5.96 Å². The van der Waals surface area contributed by atoms with Crippen LogP contribution in [0, 0.1) is 5.92 Å². The molecule has 1 heterocycles. The molecule has 5 heteroatoms. The van der Waals surface area contributed by atoms with E-state index in [2.05, 4.69) is 27.2 Å². The highest BCUT2D eigenvalue weighted by atomic mass is 16.5. The normalized spacial score (nSPS) is 14.8. The van der Waals surface area contributed by atoms with E-state index in [0.717, 1.165) is 24.0 Å². The molecular weight excluding hydrogens is 252 g/mol. The van der Waals surface area contributed by atoms with Crippen LogP contribution in [0.4, 0.5) is 0 Å². The molecule has 0 spiro atoms. The van der Waals surface area contributed by atoms with Gasteiger partial charge in [-0.15, -0.1) is 6.58 Å². The molecule has 2 rings (SSSR count). The summed E-state index contributed by atoms with van der Waals surface area (Å²) in [5.74, 6) is 2.20. The highest BCUT2D eigenvalue weighted by Crippen LogP contribution is 2.29. The Kier molecular flexibility index (Phi) is 5.41. The topological polar surface area (TPSA) is 58.5 Å². The lowest BCUT2D eigenvalue weighted by atomic mass is 10.3. The molecule has 0 aliphatic heterocycles. The van der Waals surface area contributed by atoms with E-state index < -0.39 is 0 Å². The van der Waals surface area contributed by atoms with Crippen molar-refractivity contribution in [2.24, 2.45) is 10.9 Å². The quantitative estimate of drug-likeness (QED) is 0.451. The first kappa shape index (κ1) is 14.4. The van der Waals surface area contributed by atoms with Gasteiger partial charge in [-0.3, -0.25) is 4.99 Å². The van der Waals surface area contributed by atoms with Gasteiger partial charge in [-0.25, -0.2) is 4.98 Å². The maximum atomic E-state index is 5.61. The summed E-state index contributed by atoms with van der Waals surface area (Å²) in [6.07, 6.45) is 6.20. The molecule has 2 N–H and O–H groups in total. The number of guanidine groups is 1. The average molecular weight is 274 g/mol. The van der Waals surface area contributed by atoms with Crippen LogP contribution < -0.4 is 15.4 Å². The first-order chi connectivity index (χ1) is 9.81. The summed E-state index contributed by atoms with van der Waals surface area (Å²) in [5, 5.41) is 6.33. The molecule has 108 valence electrons. The standard InChI is InChI=1S/C15H22N4O/c1-3-8-17-15(16-2)19-10-13-6-7-14(18-9-13)20-11-12-4-5-12/h3,6-7,9,12H,1,4-5,8,10-11H2,2H3,(H2,16,17,19). The summed E-state index contributed by atoms with van der Waals surface area (Å²) in [6.45, 7) is 5.81. The summed E-state index contributed by atoms with van der Waals surface area (Å²) in [7, 11) is 1.74. The molecule has 0 amide bonds. The number of hydrogen-bond donors (Lipinski definition) is 2. The Balaban J connectivity index is 1.75. The second-order valence-corrected chi connectivity index (χ2v) is 4.85. The van der Waals surface area contributed by atoms with E-state index in [1.807, 2.05) is 18.3 Å². The molecule has 5 nitrogen and oxygen atoms in total. The lowest BCUT2D eigenvalue weighted by Crippen LogP contribution is -2.36. The van der Waals surface area contributed by atoms with Gasteiger partial charge in [0, 0.05) is 32.4 Å². The minimum Gasteiger partial charge on any atom is -0.477 e. The van der Waals surface area contributed by atoms with Crippen molar-refractivity contribution in [2.45, 2.75) is 19.4 Å². The highest BCUT2D eigenvalue weighted by Gasteiger charge is 2.21. The van der Waals surface area contributed by atoms with Crippen LogP contribution in [0.25, 0.3) is 0 Å². The number of aromatic nitrogens is 1. The molecule has 0 saturated heterocycles. The van der Waals surface area contributed by atoms with Crippen molar-refractivity contribution >= 4 is 5.96 Å². The summed E-state index contributed by atoms with van der Waals surface area (Å²) < 4.78 is 5.61. The van der Waals surface area contributed by atoms with Crippen molar-refractivity contribution in [2.75, 3.05) is 20.2 Å². The third-order valence-corrected chi connectivity index (χ3v) is 3.06. The first-order valence-electron chi connectivity index (χ1n) is 6.95. The van der Waals surface area contributed by atoms with Gasteiger partial charge in [0.1, 0.15) is 0 Å². The van der Waals surface area contributed by atoms with Crippen molar-refractivity contribution in [3.63, 3.8) is 0 Å². The molecule has 1 aliphatic carbocycles. The second-order valence-electron chi connectivity index (χ2n) is 4.85. The van der Waals surface area contributed by atoms with Crippen LogP contribution in [0.5, 0.6) is 5.88 Å². The number of pyridine rings is 1. The van der Waals surface area contributed by atoms with Gasteiger partial charge >= 0.3 is 0 Å².